The van der Waals surface area contributed by atoms with E-state index in [1.165, 1.54) is 72.2 Å². The maximum absolute atomic E-state index is 2.39. The number of rotatable bonds is 6. The van der Waals surface area contributed by atoms with Gasteiger partial charge in [-0.25, -0.2) is 0 Å². The Labute approximate surface area is 264 Å². The van der Waals surface area contributed by atoms with Crippen LogP contribution in [-0.4, -0.2) is 11.6 Å². The van der Waals surface area contributed by atoms with Crippen molar-refractivity contribution in [3.05, 3.63) is 176 Å². The molecule has 0 fully saturated rings. The highest BCUT2D eigenvalue weighted by atomic mass is 15.1. The van der Waals surface area contributed by atoms with Gasteiger partial charge < -0.3 is 9.47 Å². The first-order valence-corrected chi connectivity index (χ1v) is 15.4. The fourth-order valence-corrected chi connectivity index (χ4v) is 6.42. The molecule has 8 rings (SSSR count). The molecular weight excluding hydrogens is 544 g/mol. The van der Waals surface area contributed by atoms with Crippen LogP contribution in [-0.2, 0) is 0 Å². The van der Waals surface area contributed by atoms with E-state index < -0.39 is 0 Å². The fourth-order valence-electron chi connectivity index (χ4n) is 6.42. The summed E-state index contributed by atoms with van der Waals surface area (Å²) in [7, 11) is 2.11. The van der Waals surface area contributed by atoms with Crippen molar-refractivity contribution >= 4 is 33.2 Å². The largest absolute Gasteiger partial charge is 0.345 e. The van der Waals surface area contributed by atoms with E-state index in [1.54, 1.807) is 0 Å². The molecule has 0 aliphatic heterocycles. The molecule has 45 heavy (non-hydrogen) atoms. The van der Waals surface area contributed by atoms with Gasteiger partial charge in [-0.3, -0.25) is 0 Å². The lowest BCUT2D eigenvalue weighted by Gasteiger charge is -2.19. The van der Waals surface area contributed by atoms with Crippen molar-refractivity contribution in [2.45, 2.75) is 0 Å². The van der Waals surface area contributed by atoms with Crippen molar-refractivity contribution < 1.29 is 0 Å². The third kappa shape index (κ3) is 4.97. The minimum atomic E-state index is 1.17. The number of fused-ring (bicyclic) bond motifs is 3. The van der Waals surface area contributed by atoms with Gasteiger partial charge in [0.25, 0.3) is 0 Å². The summed E-state index contributed by atoms with van der Waals surface area (Å²) in [5.74, 6) is 0. The lowest BCUT2D eigenvalue weighted by Crippen LogP contribution is -2.08. The number of hydrogen-bond acceptors (Lipinski definition) is 1. The minimum absolute atomic E-state index is 1.17. The van der Waals surface area contributed by atoms with Gasteiger partial charge in [0.2, 0.25) is 0 Å². The Kier molecular flexibility index (Phi) is 6.73. The van der Waals surface area contributed by atoms with Crippen LogP contribution in [0.25, 0.3) is 60.9 Å². The highest BCUT2D eigenvalue weighted by molar-refractivity contribution is 6.10. The van der Waals surface area contributed by atoms with Crippen molar-refractivity contribution in [3.63, 3.8) is 0 Å². The topological polar surface area (TPSA) is 8.17 Å². The minimum Gasteiger partial charge on any atom is -0.345 e. The Bertz CT molecular complexity index is 2250. The first-order chi connectivity index (χ1) is 22.2. The third-order valence-corrected chi connectivity index (χ3v) is 8.83. The normalized spacial score (nSPS) is 11.2. The fraction of sp³-hybridized carbons (Fsp3) is 0.0233. The molecular formula is C43H32N2. The first-order valence-electron chi connectivity index (χ1n) is 15.4. The maximum atomic E-state index is 2.39. The van der Waals surface area contributed by atoms with E-state index in [1.807, 2.05) is 6.07 Å². The Morgan fingerprint density at radius 3 is 1.58 bits per heavy atom. The van der Waals surface area contributed by atoms with E-state index in [2.05, 4.69) is 186 Å². The average Bonchev–Trinajstić information content (AvgIpc) is 3.46. The SMILES string of the molecule is CN(c1ccccc1)c1ccc(-c2ccc(-c3ccc4c(c3)c3ccccc3n4-c3cccc(-c4ccccc4)c3)cc2)cc1. The van der Waals surface area contributed by atoms with Crippen molar-refractivity contribution in [2.24, 2.45) is 0 Å². The van der Waals surface area contributed by atoms with Gasteiger partial charge in [-0.05, 0) is 88.0 Å². The molecule has 0 aliphatic rings. The monoisotopic (exact) mass is 576 g/mol. The van der Waals surface area contributed by atoms with Crippen LogP contribution in [0, 0.1) is 0 Å². The summed E-state index contributed by atoms with van der Waals surface area (Å²) in [6.45, 7) is 0. The number of nitrogens with zero attached hydrogens (tertiary/aromatic N) is 2. The molecule has 7 aromatic carbocycles. The van der Waals surface area contributed by atoms with Crippen LogP contribution in [0.1, 0.15) is 0 Å². The quantitative estimate of drug-likeness (QED) is 0.191. The molecule has 2 heteroatoms. The van der Waals surface area contributed by atoms with E-state index in [9.17, 15) is 0 Å². The zero-order valence-electron chi connectivity index (χ0n) is 25.1. The lowest BCUT2D eigenvalue weighted by atomic mass is 9.99. The van der Waals surface area contributed by atoms with Gasteiger partial charge in [-0.2, -0.15) is 0 Å². The zero-order chi connectivity index (χ0) is 30.2. The predicted molar refractivity (Wildman–Crippen MR) is 192 cm³/mol. The van der Waals surface area contributed by atoms with Crippen LogP contribution >= 0.6 is 0 Å². The summed E-state index contributed by atoms with van der Waals surface area (Å²) in [6, 6.07) is 63.2. The second-order valence-electron chi connectivity index (χ2n) is 11.5. The molecule has 2 nitrogen and oxygen atoms in total. The molecule has 8 aromatic rings. The van der Waals surface area contributed by atoms with Crippen LogP contribution in [0.3, 0.4) is 0 Å². The molecule has 0 unspecified atom stereocenters. The highest BCUT2D eigenvalue weighted by Gasteiger charge is 2.14. The van der Waals surface area contributed by atoms with Crippen LogP contribution < -0.4 is 4.90 Å². The second kappa shape index (κ2) is 11.3. The summed E-state index contributed by atoms with van der Waals surface area (Å²) in [5.41, 5.74) is 13.2. The van der Waals surface area contributed by atoms with E-state index in [4.69, 9.17) is 0 Å². The second-order valence-corrected chi connectivity index (χ2v) is 11.5. The molecule has 0 saturated heterocycles. The molecule has 0 amide bonds. The number of anilines is 2. The van der Waals surface area contributed by atoms with Gasteiger partial charge >= 0.3 is 0 Å². The van der Waals surface area contributed by atoms with Crippen molar-refractivity contribution in [3.8, 4) is 39.1 Å². The van der Waals surface area contributed by atoms with E-state index in [0.717, 1.165) is 0 Å². The smallest absolute Gasteiger partial charge is 0.0541 e. The van der Waals surface area contributed by atoms with Gasteiger partial charge in [-0.1, -0.05) is 121 Å². The van der Waals surface area contributed by atoms with Crippen LogP contribution in [0.2, 0.25) is 0 Å². The summed E-state index contributed by atoms with van der Waals surface area (Å²) in [6.07, 6.45) is 0. The zero-order valence-corrected chi connectivity index (χ0v) is 25.1. The first kappa shape index (κ1) is 26.7. The predicted octanol–water partition coefficient (Wildman–Crippen LogP) is 11.6. The van der Waals surface area contributed by atoms with Crippen molar-refractivity contribution in [1.29, 1.82) is 0 Å². The van der Waals surface area contributed by atoms with E-state index >= 15 is 0 Å². The Morgan fingerprint density at radius 1 is 0.356 bits per heavy atom. The Balaban J connectivity index is 1.12. The summed E-state index contributed by atoms with van der Waals surface area (Å²) in [4.78, 5) is 2.21. The molecule has 1 aromatic heterocycles. The number of para-hydroxylation sites is 2. The number of benzene rings is 7. The summed E-state index contributed by atoms with van der Waals surface area (Å²) >= 11 is 0. The van der Waals surface area contributed by atoms with Crippen LogP contribution in [0.5, 0.6) is 0 Å². The molecule has 1 heterocycles. The molecule has 214 valence electrons. The van der Waals surface area contributed by atoms with Crippen LogP contribution in [0.15, 0.2) is 176 Å². The molecule has 0 aliphatic carbocycles. The molecule has 0 N–H and O–H groups in total. The molecule has 0 spiro atoms. The molecule has 0 radical (unpaired) electrons. The lowest BCUT2D eigenvalue weighted by molar-refractivity contribution is 1.18. The van der Waals surface area contributed by atoms with Gasteiger partial charge in [0.1, 0.15) is 0 Å². The number of aromatic nitrogens is 1. The van der Waals surface area contributed by atoms with E-state index in [-0.39, 0.29) is 0 Å². The highest BCUT2D eigenvalue weighted by Crippen LogP contribution is 2.36. The van der Waals surface area contributed by atoms with Gasteiger partial charge in [0.05, 0.1) is 11.0 Å². The summed E-state index contributed by atoms with van der Waals surface area (Å²) < 4.78 is 2.39. The number of hydrogen-bond donors (Lipinski definition) is 0. The average molecular weight is 577 g/mol. The van der Waals surface area contributed by atoms with Gasteiger partial charge in [0.15, 0.2) is 0 Å². The van der Waals surface area contributed by atoms with Gasteiger partial charge in [0, 0.05) is 34.9 Å². The van der Waals surface area contributed by atoms with Crippen LogP contribution in [0.4, 0.5) is 11.4 Å². The summed E-state index contributed by atoms with van der Waals surface area (Å²) in [5, 5.41) is 2.52. The van der Waals surface area contributed by atoms with E-state index in [0.29, 0.717) is 0 Å². The van der Waals surface area contributed by atoms with Crippen molar-refractivity contribution in [1.82, 2.24) is 4.57 Å². The third-order valence-electron chi connectivity index (χ3n) is 8.83. The van der Waals surface area contributed by atoms with Gasteiger partial charge in [-0.15, -0.1) is 0 Å². The Hall–Kier alpha value is -5.86. The van der Waals surface area contributed by atoms with Crippen molar-refractivity contribution in [2.75, 3.05) is 11.9 Å². The Morgan fingerprint density at radius 2 is 0.844 bits per heavy atom. The standard InChI is InChI=1S/C43H32N2/c1-44(37-14-6-3-7-15-37)38-26-23-33(24-27-38)32-19-21-34(22-20-32)36-25-28-43-41(30-36)40-17-8-9-18-42(40)45(43)39-16-10-13-35(29-39)31-11-4-2-5-12-31/h2-30H,1H3. The molecule has 0 bridgehead atoms. The molecule has 0 saturated carbocycles. The molecule has 0 atom stereocenters. The maximum Gasteiger partial charge on any atom is 0.0541 e.